The van der Waals surface area contributed by atoms with Crippen LogP contribution in [0.3, 0.4) is 0 Å². The van der Waals surface area contributed by atoms with Gasteiger partial charge in [-0.25, -0.2) is 21.9 Å². The van der Waals surface area contributed by atoms with E-state index in [0.717, 1.165) is 6.07 Å². The number of halogens is 2. The standard InChI is InChI=1S/C13H16F2N2O3S/c1-2-20-7-6-17-21(18,19)13-10(4-3-5-16)8-11(14)9-12(13)15/h8-9,17H,2,5-7,16H2,1H3. The highest BCUT2D eigenvalue weighted by molar-refractivity contribution is 7.89. The third-order valence-electron chi connectivity index (χ3n) is 2.34. The van der Waals surface area contributed by atoms with Crippen molar-refractivity contribution in [1.29, 1.82) is 0 Å². The van der Waals surface area contributed by atoms with Crippen LogP contribution in [-0.2, 0) is 14.8 Å². The van der Waals surface area contributed by atoms with Crippen molar-refractivity contribution in [2.75, 3.05) is 26.3 Å². The molecule has 0 amide bonds. The number of rotatable bonds is 6. The molecule has 0 heterocycles. The third-order valence-corrected chi connectivity index (χ3v) is 3.88. The van der Waals surface area contributed by atoms with E-state index in [9.17, 15) is 17.2 Å². The van der Waals surface area contributed by atoms with E-state index in [0.29, 0.717) is 12.7 Å². The van der Waals surface area contributed by atoms with Crippen LogP contribution in [0.4, 0.5) is 8.78 Å². The highest BCUT2D eigenvalue weighted by Crippen LogP contribution is 2.20. The molecule has 0 aliphatic rings. The Morgan fingerprint density at radius 1 is 1.38 bits per heavy atom. The van der Waals surface area contributed by atoms with Crippen molar-refractivity contribution < 1.29 is 21.9 Å². The Balaban J connectivity index is 3.15. The van der Waals surface area contributed by atoms with Gasteiger partial charge in [0.05, 0.1) is 18.7 Å². The van der Waals surface area contributed by atoms with Gasteiger partial charge in [0.25, 0.3) is 0 Å². The van der Waals surface area contributed by atoms with E-state index < -0.39 is 26.6 Å². The summed E-state index contributed by atoms with van der Waals surface area (Å²) in [5.74, 6) is 2.61. The van der Waals surface area contributed by atoms with E-state index in [2.05, 4.69) is 16.6 Å². The van der Waals surface area contributed by atoms with Gasteiger partial charge in [-0.2, -0.15) is 0 Å². The number of benzene rings is 1. The molecule has 0 aliphatic heterocycles. The average molecular weight is 318 g/mol. The molecule has 21 heavy (non-hydrogen) atoms. The molecule has 1 aromatic carbocycles. The molecule has 5 nitrogen and oxygen atoms in total. The summed E-state index contributed by atoms with van der Waals surface area (Å²) in [6.45, 7) is 2.24. The van der Waals surface area contributed by atoms with E-state index in [1.165, 1.54) is 0 Å². The first kappa shape index (κ1) is 17.5. The van der Waals surface area contributed by atoms with Crippen molar-refractivity contribution in [3.05, 3.63) is 29.3 Å². The number of sulfonamides is 1. The van der Waals surface area contributed by atoms with Crippen molar-refractivity contribution in [3.8, 4) is 11.8 Å². The van der Waals surface area contributed by atoms with E-state index in [4.69, 9.17) is 10.5 Å². The fourth-order valence-electron chi connectivity index (χ4n) is 1.54. The van der Waals surface area contributed by atoms with Gasteiger partial charge in [0, 0.05) is 19.2 Å². The molecule has 1 rings (SSSR count). The fourth-order valence-corrected chi connectivity index (χ4v) is 2.75. The molecule has 8 heteroatoms. The van der Waals surface area contributed by atoms with Crippen LogP contribution in [0.1, 0.15) is 12.5 Å². The molecule has 0 saturated carbocycles. The van der Waals surface area contributed by atoms with E-state index in [-0.39, 0.29) is 25.3 Å². The van der Waals surface area contributed by atoms with Crippen LogP contribution in [-0.4, -0.2) is 34.7 Å². The summed E-state index contributed by atoms with van der Waals surface area (Å²) >= 11 is 0. The van der Waals surface area contributed by atoms with Crippen molar-refractivity contribution in [3.63, 3.8) is 0 Å². The topological polar surface area (TPSA) is 81.4 Å². The van der Waals surface area contributed by atoms with Gasteiger partial charge in [0.2, 0.25) is 10.0 Å². The Hall–Kier alpha value is -1.53. The van der Waals surface area contributed by atoms with Gasteiger partial charge in [0.1, 0.15) is 16.5 Å². The maximum absolute atomic E-state index is 13.8. The van der Waals surface area contributed by atoms with Gasteiger partial charge in [0.15, 0.2) is 0 Å². The monoisotopic (exact) mass is 318 g/mol. The smallest absolute Gasteiger partial charge is 0.244 e. The highest BCUT2D eigenvalue weighted by atomic mass is 32.2. The first-order valence-electron chi connectivity index (χ1n) is 6.17. The molecule has 0 spiro atoms. The lowest BCUT2D eigenvalue weighted by Gasteiger charge is -2.10. The van der Waals surface area contributed by atoms with Gasteiger partial charge >= 0.3 is 0 Å². The van der Waals surface area contributed by atoms with Gasteiger partial charge < -0.3 is 10.5 Å². The van der Waals surface area contributed by atoms with E-state index in [1.807, 2.05) is 0 Å². The summed E-state index contributed by atoms with van der Waals surface area (Å²) in [6.07, 6.45) is 0. The van der Waals surface area contributed by atoms with Crippen LogP contribution in [0.15, 0.2) is 17.0 Å². The third kappa shape index (κ3) is 5.06. The Morgan fingerprint density at radius 3 is 2.71 bits per heavy atom. The van der Waals surface area contributed by atoms with Crippen LogP contribution in [0, 0.1) is 23.5 Å². The predicted molar refractivity (Wildman–Crippen MR) is 74.0 cm³/mol. The molecule has 0 radical (unpaired) electrons. The summed E-state index contributed by atoms with van der Waals surface area (Å²) in [5, 5.41) is 0. The quantitative estimate of drug-likeness (QED) is 0.594. The number of hydrogen-bond acceptors (Lipinski definition) is 4. The minimum Gasteiger partial charge on any atom is -0.380 e. The van der Waals surface area contributed by atoms with Gasteiger partial charge in [-0.15, -0.1) is 0 Å². The first-order chi connectivity index (χ1) is 9.92. The Kier molecular flexibility index (Phi) is 6.71. The van der Waals surface area contributed by atoms with Crippen molar-refractivity contribution in [2.45, 2.75) is 11.8 Å². The second-order valence-corrected chi connectivity index (χ2v) is 5.57. The van der Waals surface area contributed by atoms with Crippen molar-refractivity contribution >= 4 is 10.0 Å². The van der Waals surface area contributed by atoms with Crippen LogP contribution in [0.5, 0.6) is 0 Å². The highest BCUT2D eigenvalue weighted by Gasteiger charge is 2.23. The molecule has 0 aliphatic carbocycles. The molecule has 0 aromatic heterocycles. The van der Waals surface area contributed by atoms with Crippen molar-refractivity contribution in [2.24, 2.45) is 5.73 Å². The number of nitrogens with one attached hydrogen (secondary N) is 1. The van der Waals surface area contributed by atoms with Crippen LogP contribution in [0.25, 0.3) is 0 Å². The Bertz CT molecular complexity index is 651. The number of ether oxygens (including phenoxy) is 1. The maximum atomic E-state index is 13.8. The van der Waals surface area contributed by atoms with Crippen LogP contribution >= 0.6 is 0 Å². The minimum absolute atomic E-state index is 0.0310. The molecular weight excluding hydrogens is 302 g/mol. The Morgan fingerprint density at radius 2 is 2.10 bits per heavy atom. The summed E-state index contributed by atoms with van der Waals surface area (Å²) < 4.78 is 58.3. The first-order valence-corrected chi connectivity index (χ1v) is 7.66. The molecule has 0 unspecified atom stereocenters. The zero-order valence-corrected chi connectivity index (χ0v) is 12.3. The SMILES string of the molecule is CCOCCNS(=O)(=O)c1c(F)cc(F)cc1C#CCN. The largest absolute Gasteiger partial charge is 0.380 e. The van der Waals surface area contributed by atoms with Gasteiger partial charge in [-0.3, -0.25) is 0 Å². The van der Waals surface area contributed by atoms with Crippen molar-refractivity contribution in [1.82, 2.24) is 4.72 Å². The Labute approximate surface area is 122 Å². The van der Waals surface area contributed by atoms with Gasteiger partial charge in [-0.05, 0) is 13.0 Å². The van der Waals surface area contributed by atoms with Gasteiger partial charge in [-0.1, -0.05) is 11.8 Å². The average Bonchev–Trinajstić information content (AvgIpc) is 2.40. The second-order valence-electron chi connectivity index (χ2n) is 3.86. The summed E-state index contributed by atoms with van der Waals surface area (Å²) in [6, 6.07) is 1.34. The van der Waals surface area contributed by atoms with E-state index in [1.54, 1.807) is 6.92 Å². The second kappa shape index (κ2) is 8.05. The summed E-state index contributed by atoms with van der Waals surface area (Å²) in [4.78, 5) is -0.693. The van der Waals surface area contributed by atoms with E-state index >= 15 is 0 Å². The zero-order chi connectivity index (χ0) is 15.9. The molecule has 0 fully saturated rings. The number of hydrogen-bond donors (Lipinski definition) is 2. The molecule has 0 atom stereocenters. The fraction of sp³-hybridized carbons (Fsp3) is 0.385. The molecule has 116 valence electrons. The summed E-state index contributed by atoms with van der Waals surface area (Å²) in [7, 11) is -4.16. The lowest BCUT2D eigenvalue weighted by Crippen LogP contribution is -2.29. The van der Waals surface area contributed by atoms with Crippen LogP contribution < -0.4 is 10.5 Å². The summed E-state index contributed by atoms with van der Waals surface area (Å²) in [5.41, 5.74) is 4.91. The maximum Gasteiger partial charge on any atom is 0.244 e. The number of nitrogens with two attached hydrogens (primary N) is 1. The molecule has 1 aromatic rings. The molecule has 0 saturated heterocycles. The lowest BCUT2D eigenvalue weighted by molar-refractivity contribution is 0.153. The van der Waals surface area contributed by atoms with Crippen LogP contribution in [0.2, 0.25) is 0 Å². The molecule has 0 bridgehead atoms. The molecule has 3 N–H and O–H groups in total. The predicted octanol–water partition coefficient (Wildman–Crippen LogP) is 0.590. The molecular formula is C13H16F2N2O3S. The zero-order valence-electron chi connectivity index (χ0n) is 11.4. The lowest BCUT2D eigenvalue weighted by atomic mass is 10.2. The minimum atomic E-state index is -4.16. The normalized spacial score (nSPS) is 11.0.